The van der Waals surface area contributed by atoms with Gasteiger partial charge in [-0.1, -0.05) is 11.6 Å². The normalized spacial score (nSPS) is 10.7. The van der Waals surface area contributed by atoms with Gasteiger partial charge in [0.1, 0.15) is 11.3 Å². The molecule has 0 unspecified atom stereocenters. The van der Waals surface area contributed by atoms with Crippen molar-refractivity contribution in [1.29, 1.82) is 5.26 Å². The molecular weight excluding hydrogens is 284 g/mol. The maximum atomic E-state index is 8.86. The highest BCUT2D eigenvalue weighted by Crippen LogP contribution is 2.25. The minimum absolute atomic E-state index is 0.418. The van der Waals surface area contributed by atoms with E-state index in [4.69, 9.17) is 16.9 Å². The van der Waals surface area contributed by atoms with Gasteiger partial charge < -0.3 is 4.57 Å². The summed E-state index contributed by atoms with van der Waals surface area (Å²) in [5, 5.41) is 9.54. The van der Waals surface area contributed by atoms with Crippen LogP contribution in [-0.4, -0.2) is 14.5 Å². The minimum atomic E-state index is 0.418. The summed E-state index contributed by atoms with van der Waals surface area (Å²) in [5.41, 5.74) is 3.68. The standard InChI is InChI=1S/C16H13ClN4/c1-11-9-14-16(19-10-11)21(8-2-7-18)15(20-14)12-3-5-13(17)6-4-12/h3-6,9-10H,2,8H2,1H3. The Hall–Kier alpha value is -2.38. The summed E-state index contributed by atoms with van der Waals surface area (Å²) in [7, 11) is 0. The van der Waals surface area contributed by atoms with Gasteiger partial charge in [0, 0.05) is 23.3 Å². The summed E-state index contributed by atoms with van der Waals surface area (Å²) in [6, 6.07) is 11.7. The number of hydrogen-bond donors (Lipinski definition) is 0. The number of rotatable bonds is 3. The van der Waals surface area contributed by atoms with Gasteiger partial charge in [0.25, 0.3) is 0 Å². The lowest BCUT2D eigenvalue weighted by Crippen LogP contribution is -2.01. The number of halogens is 1. The van der Waals surface area contributed by atoms with Crippen LogP contribution >= 0.6 is 11.6 Å². The SMILES string of the molecule is Cc1cnc2c(c1)nc(-c1ccc(Cl)cc1)n2CCC#N. The Bertz CT molecular complexity index is 828. The molecule has 0 amide bonds. The molecule has 0 saturated carbocycles. The number of aryl methyl sites for hydroxylation is 2. The molecule has 5 heteroatoms. The summed E-state index contributed by atoms with van der Waals surface area (Å²) < 4.78 is 1.99. The van der Waals surface area contributed by atoms with Crippen molar-refractivity contribution in [2.45, 2.75) is 19.9 Å². The Balaban J connectivity index is 2.20. The first kappa shape index (κ1) is 13.6. The molecule has 3 rings (SSSR count). The van der Waals surface area contributed by atoms with E-state index in [0.29, 0.717) is 18.0 Å². The maximum absolute atomic E-state index is 8.86. The van der Waals surface area contributed by atoms with Crippen LogP contribution in [0.5, 0.6) is 0 Å². The average molecular weight is 297 g/mol. The van der Waals surface area contributed by atoms with Gasteiger partial charge in [0.2, 0.25) is 0 Å². The van der Waals surface area contributed by atoms with Crippen molar-refractivity contribution in [3.8, 4) is 17.5 Å². The Morgan fingerprint density at radius 2 is 2.05 bits per heavy atom. The van der Waals surface area contributed by atoms with Crippen LogP contribution in [-0.2, 0) is 6.54 Å². The van der Waals surface area contributed by atoms with Crippen LogP contribution in [0.2, 0.25) is 5.02 Å². The van der Waals surface area contributed by atoms with E-state index >= 15 is 0 Å². The van der Waals surface area contributed by atoms with E-state index in [0.717, 1.165) is 28.1 Å². The highest BCUT2D eigenvalue weighted by atomic mass is 35.5. The lowest BCUT2D eigenvalue weighted by atomic mass is 10.2. The Morgan fingerprint density at radius 3 is 2.76 bits per heavy atom. The summed E-state index contributed by atoms with van der Waals surface area (Å²) in [6.07, 6.45) is 2.24. The van der Waals surface area contributed by atoms with Crippen LogP contribution < -0.4 is 0 Å². The van der Waals surface area contributed by atoms with E-state index in [1.807, 2.05) is 48.0 Å². The van der Waals surface area contributed by atoms with Crippen molar-refractivity contribution < 1.29 is 0 Å². The molecule has 0 saturated heterocycles. The van der Waals surface area contributed by atoms with Crippen molar-refractivity contribution in [3.63, 3.8) is 0 Å². The molecule has 0 fully saturated rings. The molecule has 0 aliphatic rings. The van der Waals surface area contributed by atoms with E-state index in [1.54, 1.807) is 0 Å². The predicted molar refractivity (Wildman–Crippen MR) is 82.9 cm³/mol. The highest BCUT2D eigenvalue weighted by Gasteiger charge is 2.13. The van der Waals surface area contributed by atoms with E-state index in [9.17, 15) is 0 Å². The third kappa shape index (κ3) is 2.61. The van der Waals surface area contributed by atoms with Crippen LogP contribution in [0, 0.1) is 18.3 Å². The van der Waals surface area contributed by atoms with E-state index in [1.165, 1.54) is 0 Å². The van der Waals surface area contributed by atoms with Gasteiger partial charge in [-0.2, -0.15) is 5.26 Å². The molecule has 0 aliphatic carbocycles. The zero-order valence-electron chi connectivity index (χ0n) is 11.5. The van der Waals surface area contributed by atoms with E-state index in [-0.39, 0.29) is 0 Å². The van der Waals surface area contributed by atoms with Gasteiger partial charge in [0.05, 0.1) is 12.5 Å². The van der Waals surface area contributed by atoms with Crippen LogP contribution in [0.15, 0.2) is 36.5 Å². The third-order valence-corrected chi connectivity index (χ3v) is 3.52. The van der Waals surface area contributed by atoms with Gasteiger partial charge in [-0.15, -0.1) is 0 Å². The maximum Gasteiger partial charge on any atom is 0.160 e. The second-order valence-corrected chi connectivity index (χ2v) is 5.29. The topological polar surface area (TPSA) is 54.5 Å². The third-order valence-electron chi connectivity index (χ3n) is 3.27. The molecule has 0 atom stereocenters. The molecule has 0 aliphatic heterocycles. The van der Waals surface area contributed by atoms with E-state index in [2.05, 4.69) is 16.0 Å². The number of aromatic nitrogens is 3. The van der Waals surface area contributed by atoms with Crippen molar-refractivity contribution >= 4 is 22.8 Å². The van der Waals surface area contributed by atoms with E-state index < -0.39 is 0 Å². The fourth-order valence-corrected chi connectivity index (χ4v) is 2.43. The largest absolute Gasteiger partial charge is 0.308 e. The van der Waals surface area contributed by atoms with Crippen LogP contribution in [0.25, 0.3) is 22.6 Å². The average Bonchev–Trinajstić information content (AvgIpc) is 2.83. The predicted octanol–water partition coefficient (Wildman–Crippen LogP) is 3.97. The highest BCUT2D eigenvalue weighted by molar-refractivity contribution is 6.30. The summed E-state index contributed by atoms with van der Waals surface area (Å²) in [4.78, 5) is 9.14. The molecule has 0 bridgehead atoms. The summed E-state index contributed by atoms with van der Waals surface area (Å²) >= 11 is 5.94. The first-order chi connectivity index (χ1) is 10.2. The number of nitrogens with zero attached hydrogens (tertiary/aromatic N) is 4. The molecule has 4 nitrogen and oxygen atoms in total. The van der Waals surface area contributed by atoms with Gasteiger partial charge >= 0.3 is 0 Å². The van der Waals surface area contributed by atoms with Crippen molar-refractivity contribution in [1.82, 2.24) is 14.5 Å². The summed E-state index contributed by atoms with van der Waals surface area (Å²) in [5.74, 6) is 0.815. The molecule has 3 aromatic rings. The monoisotopic (exact) mass is 296 g/mol. The molecule has 2 heterocycles. The molecule has 21 heavy (non-hydrogen) atoms. The first-order valence-electron chi connectivity index (χ1n) is 6.65. The second-order valence-electron chi connectivity index (χ2n) is 4.86. The smallest absolute Gasteiger partial charge is 0.160 e. The Labute approximate surface area is 127 Å². The number of hydrogen-bond acceptors (Lipinski definition) is 3. The molecule has 104 valence electrons. The van der Waals surface area contributed by atoms with Crippen molar-refractivity contribution in [2.24, 2.45) is 0 Å². The molecule has 0 radical (unpaired) electrons. The van der Waals surface area contributed by atoms with Gasteiger partial charge in [-0.05, 0) is 42.8 Å². The fraction of sp³-hybridized carbons (Fsp3) is 0.188. The molecule has 1 aromatic carbocycles. The zero-order valence-corrected chi connectivity index (χ0v) is 12.3. The molecule has 0 N–H and O–H groups in total. The molecular formula is C16H13ClN4. The quantitative estimate of drug-likeness (QED) is 0.734. The van der Waals surface area contributed by atoms with Crippen LogP contribution in [0.4, 0.5) is 0 Å². The van der Waals surface area contributed by atoms with Crippen LogP contribution in [0.3, 0.4) is 0 Å². The van der Waals surface area contributed by atoms with Crippen molar-refractivity contribution in [2.75, 3.05) is 0 Å². The number of pyridine rings is 1. The minimum Gasteiger partial charge on any atom is -0.308 e. The fourth-order valence-electron chi connectivity index (χ4n) is 2.30. The number of fused-ring (bicyclic) bond motifs is 1. The molecule has 2 aromatic heterocycles. The number of nitriles is 1. The lowest BCUT2D eigenvalue weighted by Gasteiger charge is -2.06. The second kappa shape index (κ2) is 5.55. The zero-order chi connectivity index (χ0) is 14.8. The number of imidazole rings is 1. The van der Waals surface area contributed by atoms with Gasteiger partial charge in [-0.25, -0.2) is 9.97 Å². The molecule has 0 spiro atoms. The lowest BCUT2D eigenvalue weighted by molar-refractivity contribution is 0.737. The Kier molecular flexibility index (Phi) is 3.59. The van der Waals surface area contributed by atoms with Gasteiger partial charge in [-0.3, -0.25) is 0 Å². The van der Waals surface area contributed by atoms with Gasteiger partial charge in [0.15, 0.2) is 5.65 Å². The number of benzene rings is 1. The van der Waals surface area contributed by atoms with Crippen LogP contribution in [0.1, 0.15) is 12.0 Å². The Morgan fingerprint density at radius 1 is 1.29 bits per heavy atom. The summed E-state index contributed by atoms with van der Waals surface area (Å²) in [6.45, 7) is 2.56. The first-order valence-corrected chi connectivity index (χ1v) is 7.02. The van der Waals surface area contributed by atoms with Crippen molar-refractivity contribution in [3.05, 3.63) is 47.1 Å².